The highest BCUT2D eigenvalue weighted by atomic mass is 35.5. The normalized spacial score (nSPS) is 19.9. The van der Waals surface area contributed by atoms with Crippen molar-refractivity contribution >= 4 is 17.3 Å². The molecule has 0 saturated carbocycles. The van der Waals surface area contributed by atoms with E-state index in [1.54, 1.807) is 0 Å². The number of anilines is 1. The lowest BCUT2D eigenvalue weighted by molar-refractivity contribution is 0.662. The lowest BCUT2D eigenvalue weighted by Gasteiger charge is -2.11. The third-order valence-electron chi connectivity index (χ3n) is 2.85. The molecule has 3 heteroatoms. The van der Waals surface area contributed by atoms with E-state index < -0.39 is 0 Å². The standard InChI is InChI=1S/C11H15ClN2/c1-14-7-8(4-5-13)10-6-9(12)2-3-11(10)14/h2-3,6,8H,4-5,7,13H2,1H3. The number of hydrogen-bond donors (Lipinski definition) is 1. The van der Waals surface area contributed by atoms with E-state index in [1.165, 1.54) is 11.3 Å². The van der Waals surface area contributed by atoms with Gasteiger partial charge in [-0.1, -0.05) is 11.6 Å². The summed E-state index contributed by atoms with van der Waals surface area (Å²) in [7, 11) is 2.11. The smallest absolute Gasteiger partial charge is 0.0410 e. The Morgan fingerprint density at radius 2 is 2.36 bits per heavy atom. The number of fused-ring (bicyclic) bond motifs is 1. The number of likely N-dealkylation sites (N-methyl/N-ethyl adjacent to an activating group) is 1. The quantitative estimate of drug-likeness (QED) is 0.811. The molecule has 0 amide bonds. The average molecular weight is 211 g/mol. The SMILES string of the molecule is CN1CC(CCN)c2cc(Cl)ccc21. The van der Waals surface area contributed by atoms with Gasteiger partial charge in [0, 0.05) is 30.2 Å². The van der Waals surface area contributed by atoms with Crippen LogP contribution >= 0.6 is 11.6 Å². The molecule has 0 aliphatic carbocycles. The molecule has 1 aromatic rings. The molecule has 1 aliphatic heterocycles. The average Bonchev–Trinajstić information content (AvgIpc) is 2.44. The maximum absolute atomic E-state index is 5.99. The molecule has 2 nitrogen and oxygen atoms in total. The van der Waals surface area contributed by atoms with E-state index in [0.717, 1.165) is 24.5 Å². The predicted molar refractivity (Wildman–Crippen MR) is 61.1 cm³/mol. The molecule has 0 saturated heterocycles. The molecule has 1 aromatic carbocycles. The van der Waals surface area contributed by atoms with Gasteiger partial charge < -0.3 is 10.6 Å². The Morgan fingerprint density at radius 1 is 1.57 bits per heavy atom. The summed E-state index contributed by atoms with van der Waals surface area (Å²) in [4.78, 5) is 2.27. The first-order valence-corrected chi connectivity index (χ1v) is 5.31. The number of hydrogen-bond acceptors (Lipinski definition) is 2. The lowest BCUT2D eigenvalue weighted by Crippen LogP contribution is -2.16. The molecule has 76 valence electrons. The molecule has 14 heavy (non-hydrogen) atoms. The van der Waals surface area contributed by atoms with Crippen molar-refractivity contribution in [3.8, 4) is 0 Å². The summed E-state index contributed by atoms with van der Waals surface area (Å²) in [5.41, 5.74) is 8.25. The first-order valence-electron chi connectivity index (χ1n) is 4.93. The zero-order valence-corrected chi connectivity index (χ0v) is 9.09. The fourth-order valence-electron chi connectivity index (χ4n) is 2.18. The summed E-state index contributed by atoms with van der Waals surface area (Å²) in [6.45, 7) is 1.80. The molecule has 0 aromatic heterocycles. The maximum atomic E-state index is 5.99. The maximum Gasteiger partial charge on any atom is 0.0410 e. The topological polar surface area (TPSA) is 29.3 Å². The number of halogens is 1. The number of rotatable bonds is 2. The lowest BCUT2D eigenvalue weighted by atomic mass is 9.98. The third-order valence-corrected chi connectivity index (χ3v) is 3.09. The zero-order chi connectivity index (χ0) is 10.1. The van der Waals surface area contributed by atoms with E-state index in [-0.39, 0.29) is 0 Å². The van der Waals surface area contributed by atoms with E-state index in [1.807, 2.05) is 6.07 Å². The third kappa shape index (κ3) is 1.60. The summed E-state index contributed by atoms with van der Waals surface area (Å²) in [5, 5.41) is 0.820. The molecule has 0 spiro atoms. The van der Waals surface area contributed by atoms with Crippen molar-refractivity contribution in [2.45, 2.75) is 12.3 Å². The Balaban J connectivity index is 2.35. The molecular weight excluding hydrogens is 196 g/mol. The van der Waals surface area contributed by atoms with Crippen LogP contribution in [0.3, 0.4) is 0 Å². The molecule has 2 rings (SSSR count). The van der Waals surface area contributed by atoms with Gasteiger partial charge in [-0.25, -0.2) is 0 Å². The van der Waals surface area contributed by atoms with Gasteiger partial charge >= 0.3 is 0 Å². The van der Waals surface area contributed by atoms with Crippen molar-refractivity contribution in [1.29, 1.82) is 0 Å². The second kappa shape index (κ2) is 3.79. The van der Waals surface area contributed by atoms with Crippen LogP contribution in [0.4, 0.5) is 5.69 Å². The molecule has 1 unspecified atom stereocenters. The van der Waals surface area contributed by atoms with Crippen LogP contribution in [0.25, 0.3) is 0 Å². The van der Waals surface area contributed by atoms with Crippen molar-refractivity contribution in [1.82, 2.24) is 0 Å². The van der Waals surface area contributed by atoms with Crippen LogP contribution in [0.1, 0.15) is 17.9 Å². The Bertz CT molecular complexity index is 338. The summed E-state index contributed by atoms with van der Waals surface area (Å²) in [6, 6.07) is 6.11. The van der Waals surface area contributed by atoms with Crippen molar-refractivity contribution in [2.75, 3.05) is 25.0 Å². The minimum atomic E-state index is 0.554. The molecule has 0 fully saturated rings. The van der Waals surface area contributed by atoms with Gasteiger partial charge in [-0.15, -0.1) is 0 Å². The summed E-state index contributed by atoms with van der Waals surface area (Å²) >= 11 is 5.99. The van der Waals surface area contributed by atoms with Crippen LogP contribution in [0, 0.1) is 0 Å². The summed E-state index contributed by atoms with van der Waals surface area (Å²) in [6.07, 6.45) is 1.04. The van der Waals surface area contributed by atoms with Crippen molar-refractivity contribution in [2.24, 2.45) is 5.73 Å². The highest BCUT2D eigenvalue weighted by molar-refractivity contribution is 6.30. The summed E-state index contributed by atoms with van der Waals surface area (Å²) in [5.74, 6) is 0.554. The first-order chi connectivity index (χ1) is 6.72. The fourth-order valence-corrected chi connectivity index (χ4v) is 2.36. The highest BCUT2D eigenvalue weighted by Gasteiger charge is 2.25. The van der Waals surface area contributed by atoms with Crippen LogP contribution in [-0.2, 0) is 0 Å². The van der Waals surface area contributed by atoms with E-state index in [9.17, 15) is 0 Å². The Kier molecular flexibility index (Phi) is 2.66. The molecule has 1 heterocycles. The number of nitrogens with zero attached hydrogens (tertiary/aromatic N) is 1. The van der Waals surface area contributed by atoms with Crippen molar-refractivity contribution < 1.29 is 0 Å². The van der Waals surface area contributed by atoms with E-state index in [2.05, 4.69) is 24.1 Å². The Labute approximate surface area is 89.7 Å². The predicted octanol–water partition coefficient (Wildman–Crippen LogP) is 2.22. The highest BCUT2D eigenvalue weighted by Crippen LogP contribution is 2.38. The minimum absolute atomic E-state index is 0.554. The van der Waals surface area contributed by atoms with Gasteiger partial charge in [0.1, 0.15) is 0 Å². The van der Waals surface area contributed by atoms with E-state index in [0.29, 0.717) is 5.92 Å². The molecule has 1 atom stereocenters. The zero-order valence-electron chi connectivity index (χ0n) is 8.33. The minimum Gasteiger partial charge on any atom is -0.374 e. The monoisotopic (exact) mass is 210 g/mol. The van der Waals surface area contributed by atoms with Gasteiger partial charge in [-0.2, -0.15) is 0 Å². The van der Waals surface area contributed by atoms with E-state index in [4.69, 9.17) is 17.3 Å². The number of benzene rings is 1. The van der Waals surface area contributed by atoms with Crippen LogP contribution in [0.2, 0.25) is 5.02 Å². The second-order valence-electron chi connectivity index (χ2n) is 3.86. The van der Waals surface area contributed by atoms with Crippen LogP contribution in [0.15, 0.2) is 18.2 Å². The van der Waals surface area contributed by atoms with Crippen LogP contribution in [0.5, 0.6) is 0 Å². The second-order valence-corrected chi connectivity index (χ2v) is 4.29. The van der Waals surface area contributed by atoms with E-state index >= 15 is 0 Å². The number of nitrogens with two attached hydrogens (primary N) is 1. The van der Waals surface area contributed by atoms with Crippen LogP contribution in [-0.4, -0.2) is 20.1 Å². The van der Waals surface area contributed by atoms with Gasteiger partial charge in [-0.3, -0.25) is 0 Å². The molecule has 2 N–H and O–H groups in total. The van der Waals surface area contributed by atoms with Crippen LogP contribution < -0.4 is 10.6 Å². The molecule has 0 radical (unpaired) electrons. The van der Waals surface area contributed by atoms with Gasteiger partial charge in [0.2, 0.25) is 0 Å². The van der Waals surface area contributed by atoms with Gasteiger partial charge in [0.25, 0.3) is 0 Å². The summed E-state index contributed by atoms with van der Waals surface area (Å²) < 4.78 is 0. The largest absolute Gasteiger partial charge is 0.374 e. The first kappa shape index (κ1) is 9.81. The molecular formula is C11H15ClN2. The van der Waals surface area contributed by atoms with Crippen molar-refractivity contribution in [3.05, 3.63) is 28.8 Å². The van der Waals surface area contributed by atoms with Gasteiger partial charge in [-0.05, 0) is 36.7 Å². The molecule has 1 aliphatic rings. The van der Waals surface area contributed by atoms with Gasteiger partial charge in [0.15, 0.2) is 0 Å². The Hall–Kier alpha value is -0.730. The molecule has 0 bridgehead atoms. The Morgan fingerprint density at radius 3 is 3.07 bits per heavy atom. The fraction of sp³-hybridized carbons (Fsp3) is 0.455. The van der Waals surface area contributed by atoms with Gasteiger partial charge in [0.05, 0.1) is 0 Å². The van der Waals surface area contributed by atoms with Crippen molar-refractivity contribution in [3.63, 3.8) is 0 Å².